The number of amides is 1. The van der Waals surface area contributed by atoms with Crippen LogP contribution in [0.5, 0.6) is 0 Å². The first-order chi connectivity index (χ1) is 16.9. The van der Waals surface area contributed by atoms with Gasteiger partial charge in [-0.1, -0.05) is 12.1 Å². The van der Waals surface area contributed by atoms with Crippen LogP contribution in [-0.4, -0.2) is 37.6 Å². The van der Waals surface area contributed by atoms with E-state index >= 15 is 0 Å². The van der Waals surface area contributed by atoms with Gasteiger partial charge >= 0.3 is 0 Å². The monoisotopic (exact) mass is 490 g/mol. The van der Waals surface area contributed by atoms with E-state index in [1.807, 2.05) is 17.7 Å². The molecule has 6 rings (SSSR count). The number of anilines is 1. The molecular weight excluding hydrogens is 460 g/mol. The molecule has 0 spiro atoms. The van der Waals surface area contributed by atoms with Gasteiger partial charge in [0.1, 0.15) is 17.8 Å². The number of alkyl halides is 1. The summed E-state index contributed by atoms with van der Waals surface area (Å²) in [6.45, 7) is 1.71. The summed E-state index contributed by atoms with van der Waals surface area (Å²) in [5.74, 6) is 1.68. The van der Waals surface area contributed by atoms with Crippen molar-refractivity contribution in [3.63, 3.8) is 0 Å². The van der Waals surface area contributed by atoms with Crippen molar-refractivity contribution in [2.75, 3.05) is 11.4 Å². The van der Waals surface area contributed by atoms with Crippen LogP contribution in [0.15, 0.2) is 42.7 Å². The molecular formula is C27H31ClN6O. The highest BCUT2D eigenvalue weighted by Crippen LogP contribution is 2.51. The first-order valence-corrected chi connectivity index (χ1v) is 13.0. The fourth-order valence-electron chi connectivity index (χ4n) is 5.47. The number of carbonyl (C=O) groups is 1. The number of carbonyl (C=O) groups excluding carboxylic acids is 1. The number of rotatable bonds is 9. The van der Waals surface area contributed by atoms with Gasteiger partial charge in [0.25, 0.3) is 5.91 Å². The first-order valence-electron chi connectivity index (χ1n) is 12.6. The molecule has 7 nitrogen and oxygen atoms in total. The molecule has 3 aliphatic carbocycles. The second kappa shape index (κ2) is 8.63. The molecule has 0 bridgehead atoms. The molecule has 1 amide bonds. The van der Waals surface area contributed by atoms with Crippen LogP contribution in [0.25, 0.3) is 0 Å². The summed E-state index contributed by atoms with van der Waals surface area (Å²) in [7, 11) is 2.00. The topological polar surface area (TPSA) is 89.9 Å². The van der Waals surface area contributed by atoms with E-state index in [0.29, 0.717) is 17.5 Å². The number of halogens is 1. The second-order valence-corrected chi connectivity index (χ2v) is 11.3. The van der Waals surface area contributed by atoms with Crippen molar-refractivity contribution in [1.82, 2.24) is 19.7 Å². The van der Waals surface area contributed by atoms with Gasteiger partial charge in [0, 0.05) is 42.8 Å². The Morgan fingerprint density at radius 1 is 1.20 bits per heavy atom. The summed E-state index contributed by atoms with van der Waals surface area (Å²) in [5.41, 5.74) is 10.3. The number of aromatic nitrogens is 4. The lowest BCUT2D eigenvalue weighted by atomic mass is 9.63. The van der Waals surface area contributed by atoms with Crippen LogP contribution in [0.1, 0.15) is 77.6 Å². The molecule has 3 aliphatic rings. The van der Waals surface area contributed by atoms with Crippen molar-refractivity contribution < 1.29 is 4.79 Å². The largest absolute Gasteiger partial charge is 0.367 e. The van der Waals surface area contributed by atoms with Crippen molar-refractivity contribution >= 4 is 23.2 Å². The summed E-state index contributed by atoms with van der Waals surface area (Å²) in [5, 5.41) is 8.76. The Kier molecular flexibility index (Phi) is 5.55. The number of aryl methyl sites for hydroxylation is 1. The van der Waals surface area contributed by atoms with Gasteiger partial charge in [-0.15, -0.1) is 21.8 Å². The predicted molar refractivity (Wildman–Crippen MR) is 136 cm³/mol. The Bertz CT molecular complexity index is 1260. The molecule has 0 radical (unpaired) electrons. The molecule has 2 heterocycles. The van der Waals surface area contributed by atoms with Gasteiger partial charge in [0.2, 0.25) is 0 Å². The van der Waals surface area contributed by atoms with E-state index < -0.39 is 5.91 Å². The minimum absolute atomic E-state index is 0.141. The molecule has 35 heavy (non-hydrogen) atoms. The van der Waals surface area contributed by atoms with Gasteiger partial charge in [-0.2, -0.15) is 0 Å². The number of hydrogen-bond acceptors (Lipinski definition) is 5. The van der Waals surface area contributed by atoms with Gasteiger partial charge in [-0.25, -0.2) is 4.98 Å². The number of primary amides is 1. The normalized spacial score (nSPS) is 23.7. The molecule has 0 saturated heterocycles. The Labute approximate surface area is 210 Å². The van der Waals surface area contributed by atoms with Gasteiger partial charge in [0.15, 0.2) is 0 Å². The molecule has 0 atom stereocenters. The van der Waals surface area contributed by atoms with Gasteiger partial charge in [-0.3, -0.25) is 4.79 Å². The van der Waals surface area contributed by atoms with Gasteiger partial charge in [0.05, 0.1) is 5.41 Å². The minimum Gasteiger partial charge on any atom is -0.367 e. The molecule has 2 aromatic heterocycles. The maximum absolute atomic E-state index is 12.0. The fraction of sp³-hybridized carbons (Fsp3) is 0.481. The molecule has 0 aliphatic heterocycles. The van der Waals surface area contributed by atoms with Crippen LogP contribution >= 0.6 is 11.6 Å². The Balaban J connectivity index is 1.35. The summed E-state index contributed by atoms with van der Waals surface area (Å²) >= 11 is 6.51. The number of pyridine rings is 1. The lowest BCUT2D eigenvalue weighted by Gasteiger charge is -2.45. The molecule has 3 fully saturated rings. The quantitative estimate of drug-likeness (QED) is 0.452. The van der Waals surface area contributed by atoms with Crippen LogP contribution in [0.4, 0.5) is 5.69 Å². The fourth-order valence-corrected chi connectivity index (χ4v) is 6.00. The summed E-state index contributed by atoms with van der Waals surface area (Å²) in [4.78, 5) is 19.0. The lowest BCUT2D eigenvalue weighted by Crippen LogP contribution is -2.45. The van der Waals surface area contributed by atoms with Gasteiger partial charge < -0.3 is 15.2 Å². The van der Waals surface area contributed by atoms with E-state index in [2.05, 4.69) is 50.4 Å². The number of benzene rings is 1. The smallest absolute Gasteiger partial charge is 0.267 e. The van der Waals surface area contributed by atoms with Crippen molar-refractivity contribution in [3.8, 4) is 0 Å². The number of nitrogens with zero attached hydrogens (tertiary/aromatic N) is 5. The number of nitrogens with two attached hydrogens (primary N) is 1. The van der Waals surface area contributed by atoms with Gasteiger partial charge in [-0.05, 0) is 79.8 Å². The molecule has 0 unspecified atom stereocenters. The Morgan fingerprint density at radius 2 is 2.00 bits per heavy atom. The van der Waals surface area contributed by atoms with Crippen LogP contribution in [0.3, 0.4) is 0 Å². The molecule has 1 aromatic carbocycles. The van der Waals surface area contributed by atoms with Crippen molar-refractivity contribution in [1.29, 1.82) is 0 Å². The van der Waals surface area contributed by atoms with E-state index in [4.69, 9.17) is 17.3 Å². The third kappa shape index (κ3) is 4.42. The van der Waals surface area contributed by atoms with E-state index in [-0.39, 0.29) is 10.8 Å². The maximum atomic E-state index is 12.0. The third-order valence-electron chi connectivity index (χ3n) is 7.75. The average Bonchev–Trinajstić information content (AvgIpc) is 3.75. The van der Waals surface area contributed by atoms with Crippen molar-refractivity contribution in [2.45, 2.75) is 61.8 Å². The highest BCUT2D eigenvalue weighted by atomic mass is 35.5. The summed E-state index contributed by atoms with van der Waals surface area (Å²) in [6.07, 6.45) is 8.27. The molecule has 3 aromatic rings. The average molecular weight is 491 g/mol. The lowest BCUT2D eigenvalue weighted by molar-refractivity contribution is 0.0995. The number of hydrogen-bond donors (Lipinski definition) is 1. The molecule has 3 saturated carbocycles. The Morgan fingerprint density at radius 3 is 2.63 bits per heavy atom. The van der Waals surface area contributed by atoms with E-state index in [0.717, 1.165) is 55.9 Å². The van der Waals surface area contributed by atoms with Crippen LogP contribution < -0.4 is 10.6 Å². The highest BCUT2D eigenvalue weighted by Gasteiger charge is 2.49. The Hall–Kier alpha value is -2.93. The third-order valence-corrected chi connectivity index (χ3v) is 8.05. The van der Waals surface area contributed by atoms with E-state index in [1.165, 1.54) is 24.1 Å². The van der Waals surface area contributed by atoms with Crippen molar-refractivity contribution in [2.24, 2.45) is 18.7 Å². The zero-order valence-corrected chi connectivity index (χ0v) is 20.8. The van der Waals surface area contributed by atoms with Crippen LogP contribution in [0, 0.1) is 5.92 Å². The zero-order valence-electron chi connectivity index (χ0n) is 20.0. The van der Waals surface area contributed by atoms with Crippen LogP contribution in [-0.2, 0) is 19.0 Å². The highest BCUT2D eigenvalue weighted by molar-refractivity contribution is 6.21. The maximum Gasteiger partial charge on any atom is 0.267 e. The SMILES string of the molecule is Cn1cnnc1C1(c2cccc(N(Cc3cc(C(N)=O)nc(C4CC4)c3)CC3CC3)c2)CC(Cl)C1. The standard InChI is InChI=1S/C27H31ClN6O/c1-33-16-30-32-26(33)27(12-21(28)13-27)20-3-2-4-22(11-20)34(14-17-5-6-17)15-18-9-23(19-7-8-19)31-24(10-18)25(29)35/h2-4,9-11,16-17,19,21H,5-8,12-15H2,1H3,(H2,29,35). The van der Waals surface area contributed by atoms with Crippen LogP contribution in [0.2, 0.25) is 0 Å². The second-order valence-electron chi connectivity index (χ2n) is 10.7. The zero-order chi connectivity index (χ0) is 24.2. The molecule has 182 valence electrons. The van der Waals surface area contributed by atoms with E-state index in [1.54, 1.807) is 6.33 Å². The molecule has 8 heteroatoms. The predicted octanol–water partition coefficient (Wildman–Crippen LogP) is 4.29. The minimum atomic E-state index is -0.462. The van der Waals surface area contributed by atoms with E-state index in [9.17, 15) is 4.79 Å². The first kappa shape index (κ1) is 22.5. The molecule has 2 N–H and O–H groups in total. The van der Waals surface area contributed by atoms with Crippen molar-refractivity contribution in [3.05, 3.63) is 71.1 Å². The summed E-state index contributed by atoms with van der Waals surface area (Å²) in [6, 6.07) is 12.9. The summed E-state index contributed by atoms with van der Waals surface area (Å²) < 4.78 is 2.01.